The Morgan fingerprint density at radius 1 is 0.792 bits per heavy atom. The number of para-hydroxylation sites is 1. The number of anilines is 5. The Balaban J connectivity index is 1.78. The van der Waals surface area contributed by atoms with Gasteiger partial charge in [-0.25, -0.2) is 9.97 Å². The van der Waals surface area contributed by atoms with Gasteiger partial charge in [0.2, 0.25) is 0 Å². The average molecular weight is 319 g/mol. The number of hydrogen-bond donors (Lipinski definition) is 1. The topological polar surface area (TPSA) is 44.3 Å². The lowest BCUT2D eigenvalue weighted by molar-refractivity contribution is 1.08. The summed E-state index contributed by atoms with van der Waals surface area (Å²) in [5.41, 5.74) is 3.23. The minimum Gasteiger partial charge on any atom is -0.378 e. The molecule has 0 amide bonds. The van der Waals surface area contributed by atoms with Gasteiger partial charge in [-0.2, -0.15) is 0 Å². The van der Waals surface area contributed by atoms with Gasteiger partial charge in [-0.3, -0.25) is 0 Å². The van der Waals surface area contributed by atoms with Gasteiger partial charge in [-0.15, -0.1) is 0 Å². The first-order valence-electron chi connectivity index (χ1n) is 7.79. The van der Waals surface area contributed by atoms with E-state index in [0.717, 1.165) is 28.7 Å². The van der Waals surface area contributed by atoms with Gasteiger partial charge in [0.15, 0.2) is 0 Å². The highest BCUT2D eigenvalue weighted by Gasteiger charge is 2.07. The van der Waals surface area contributed by atoms with Crippen LogP contribution in [0.25, 0.3) is 0 Å². The van der Waals surface area contributed by atoms with E-state index in [4.69, 9.17) is 0 Å². The van der Waals surface area contributed by atoms with E-state index in [-0.39, 0.29) is 0 Å². The van der Waals surface area contributed by atoms with Crippen molar-refractivity contribution in [1.82, 2.24) is 9.97 Å². The Labute approximate surface area is 142 Å². The van der Waals surface area contributed by atoms with Crippen LogP contribution in [0.5, 0.6) is 0 Å². The van der Waals surface area contributed by atoms with Gasteiger partial charge in [0.25, 0.3) is 0 Å². The molecule has 5 nitrogen and oxygen atoms in total. The summed E-state index contributed by atoms with van der Waals surface area (Å²) in [7, 11) is 6.05. The molecule has 0 atom stereocenters. The van der Waals surface area contributed by atoms with E-state index in [9.17, 15) is 0 Å². The number of hydrogen-bond acceptors (Lipinski definition) is 5. The van der Waals surface area contributed by atoms with Gasteiger partial charge in [0.1, 0.15) is 18.0 Å². The summed E-state index contributed by atoms with van der Waals surface area (Å²) < 4.78 is 0. The van der Waals surface area contributed by atoms with Crippen molar-refractivity contribution < 1.29 is 0 Å². The Morgan fingerprint density at radius 2 is 1.50 bits per heavy atom. The molecule has 1 aromatic heterocycles. The molecule has 3 rings (SSSR count). The molecule has 1 heterocycles. The molecule has 0 saturated heterocycles. The van der Waals surface area contributed by atoms with Crippen LogP contribution in [0.4, 0.5) is 28.7 Å². The predicted octanol–water partition coefficient (Wildman–Crippen LogP) is 4.05. The van der Waals surface area contributed by atoms with Crippen LogP contribution < -0.4 is 15.1 Å². The van der Waals surface area contributed by atoms with Gasteiger partial charge < -0.3 is 15.1 Å². The van der Waals surface area contributed by atoms with Crippen molar-refractivity contribution in [3.8, 4) is 0 Å². The number of aromatic nitrogens is 2. The van der Waals surface area contributed by atoms with Crippen molar-refractivity contribution in [3.63, 3.8) is 0 Å². The van der Waals surface area contributed by atoms with Crippen LogP contribution in [0.2, 0.25) is 0 Å². The van der Waals surface area contributed by atoms with Crippen LogP contribution in [0.15, 0.2) is 67.0 Å². The molecule has 1 N–H and O–H groups in total. The molecule has 0 bridgehead atoms. The highest BCUT2D eigenvalue weighted by atomic mass is 15.2. The lowest BCUT2D eigenvalue weighted by Crippen LogP contribution is -2.11. The molecule has 24 heavy (non-hydrogen) atoms. The quantitative estimate of drug-likeness (QED) is 0.768. The molecule has 0 fully saturated rings. The first-order chi connectivity index (χ1) is 11.6. The summed E-state index contributed by atoms with van der Waals surface area (Å²) in [6.45, 7) is 0. The number of rotatable bonds is 5. The molecule has 0 aliphatic heterocycles. The summed E-state index contributed by atoms with van der Waals surface area (Å²) in [6.07, 6.45) is 1.57. The molecule has 0 aliphatic carbocycles. The van der Waals surface area contributed by atoms with E-state index in [1.165, 1.54) is 0 Å². The maximum Gasteiger partial charge on any atom is 0.138 e. The highest BCUT2D eigenvalue weighted by Crippen LogP contribution is 2.24. The van der Waals surface area contributed by atoms with Crippen molar-refractivity contribution in [1.29, 1.82) is 0 Å². The monoisotopic (exact) mass is 319 g/mol. The maximum absolute atomic E-state index is 4.36. The number of benzene rings is 2. The van der Waals surface area contributed by atoms with E-state index < -0.39 is 0 Å². The van der Waals surface area contributed by atoms with E-state index in [1.54, 1.807) is 6.33 Å². The molecule has 5 heteroatoms. The minimum atomic E-state index is 0.764. The fraction of sp³-hybridized carbons (Fsp3) is 0.158. The van der Waals surface area contributed by atoms with Crippen LogP contribution in [-0.2, 0) is 0 Å². The van der Waals surface area contributed by atoms with Gasteiger partial charge in [-0.05, 0) is 36.4 Å². The van der Waals surface area contributed by atoms with Crippen molar-refractivity contribution >= 4 is 28.7 Å². The predicted molar refractivity (Wildman–Crippen MR) is 101 cm³/mol. The standard InChI is InChI=1S/C19H21N5/c1-23(2)16-11-9-15(10-12-16)22-18-13-19(21-14-20-18)24(3)17-7-5-4-6-8-17/h4-14H,1-3H3,(H,20,21,22). The maximum atomic E-state index is 4.36. The third kappa shape index (κ3) is 3.63. The molecule has 122 valence electrons. The Hall–Kier alpha value is -3.08. The van der Waals surface area contributed by atoms with Crippen LogP contribution in [-0.4, -0.2) is 31.1 Å². The van der Waals surface area contributed by atoms with Crippen molar-refractivity contribution in [2.24, 2.45) is 0 Å². The Morgan fingerprint density at radius 3 is 2.17 bits per heavy atom. The number of nitrogens with one attached hydrogen (secondary N) is 1. The third-order valence-corrected chi connectivity index (χ3v) is 3.80. The zero-order valence-electron chi connectivity index (χ0n) is 14.1. The van der Waals surface area contributed by atoms with Crippen molar-refractivity contribution in [3.05, 3.63) is 67.0 Å². The lowest BCUT2D eigenvalue weighted by atomic mass is 10.2. The van der Waals surface area contributed by atoms with Gasteiger partial charge in [0, 0.05) is 44.3 Å². The molecule has 0 aliphatic rings. The fourth-order valence-corrected chi connectivity index (χ4v) is 2.37. The summed E-state index contributed by atoms with van der Waals surface area (Å²) >= 11 is 0. The van der Waals surface area contributed by atoms with Crippen molar-refractivity contribution in [2.45, 2.75) is 0 Å². The van der Waals surface area contributed by atoms with E-state index in [0.29, 0.717) is 0 Å². The summed E-state index contributed by atoms with van der Waals surface area (Å²) in [5.74, 6) is 1.60. The van der Waals surface area contributed by atoms with Gasteiger partial charge in [0.05, 0.1) is 0 Å². The second-order valence-corrected chi connectivity index (χ2v) is 5.72. The molecule has 0 spiro atoms. The summed E-state index contributed by atoms with van der Waals surface area (Å²) in [6, 6.07) is 20.3. The fourth-order valence-electron chi connectivity index (χ4n) is 2.37. The second kappa shape index (κ2) is 7.00. The van der Waals surface area contributed by atoms with Gasteiger partial charge >= 0.3 is 0 Å². The summed E-state index contributed by atoms with van der Waals surface area (Å²) in [4.78, 5) is 12.8. The zero-order valence-corrected chi connectivity index (χ0v) is 14.1. The number of nitrogens with zero attached hydrogens (tertiary/aromatic N) is 4. The molecular weight excluding hydrogens is 298 g/mol. The third-order valence-electron chi connectivity index (χ3n) is 3.80. The largest absolute Gasteiger partial charge is 0.378 e. The van der Waals surface area contributed by atoms with Crippen molar-refractivity contribution in [2.75, 3.05) is 36.3 Å². The van der Waals surface area contributed by atoms with E-state index in [1.807, 2.05) is 62.4 Å². The Bertz CT molecular complexity index is 784. The van der Waals surface area contributed by atoms with E-state index in [2.05, 4.69) is 44.5 Å². The van der Waals surface area contributed by atoms with E-state index >= 15 is 0 Å². The SMILES string of the molecule is CN(C)c1ccc(Nc2cc(N(C)c3ccccc3)ncn2)cc1. The molecule has 3 aromatic rings. The zero-order chi connectivity index (χ0) is 16.9. The normalized spacial score (nSPS) is 10.3. The molecule has 0 saturated carbocycles. The highest BCUT2D eigenvalue weighted by molar-refractivity contribution is 5.65. The summed E-state index contributed by atoms with van der Waals surface area (Å²) in [5, 5.41) is 3.32. The van der Waals surface area contributed by atoms with Crippen LogP contribution >= 0.6 is 0 Å². The molecule has 0 unspecified atom stereocenters. The first-order valence-corrected chi connectivity index (χ1v) is 7.79. The molecule has 2 aromatic carbocycles. The van der Waals surface area contributed by atoms with Crippen LogP contribution in [0.3, 0.4) is 0 Å². The average Bonchev–Trinajstić information content (AvgIpc) is 2.62. The van der Waals surface area contributed by atoms with Crippen LogP contribution in [0, 0.1) is 0 Å². The smallest absolute Gasteiger partial charge is 0.138 e. The van der Waals surface area contributed by atoms with Gasteiger partial charge in [-0.1, -0.05) is 18.2 Å². The molecular formula is C19H21N5. The lowest BCUT2D eigenvalue weighted by Gasteiger charge is -2.18. The Kier molecular flexibility index (Phi) is 4.61. The van der Waals surface area contributed by atoms with Crippen LogP contribution in [0.1, 0.15) is 0 Å². The first kappa shape index (κ1) is 15.8. The molecule has 0 radical (unpaired) electrons. The second-order valence-electron chi connectivity index (χ2n) is 5.72. The minimum absolute atomic E-state index is 0.764.